The van der Waals surface area contributed by atoms with Gasteiger partial charge in [-0.05, 0) is 19.8 Å². The highest BCUT2D eigenvalue weighted by molar-refractivity contribution is 5.75. The molecule has 0 aliphatic carbocycles. The van der Waals surface area contributed by atoms with Crippen molar-refractivity contribution in [2.45, 2.75) is 32.4 Å². The van der Waals surface area contributed by atoms with Gasteiger partial charge in [0.25, 0.3) is 0 Å². The van der Waals surface area contributed by atoms with Gasteiger partial charge in [-0.25, -0.2) is 9.78 Å². The lowest BCUT2D eigenvalue weighted by Crippen LogP contribution is -2.39. The third kappa shape index (κ3) is 3.42. The van der Waals surface area contributed by atoms with Gasteiger partial charge in [0.1, 0.15) is 5.82 Å². The fourth-order valence-corrected chi connectivity index (χ4v) is 3.42. The van der Waals surface area contributed by atoms with Crippen molar-refractivity contribution in [3.8, 4) is 11.4 Å². The van der Waals surface area contributed by atoms with Crippen LogP contribution < -0.4 is 5.32 Å². The van der Waals surface area contributed by atoms with Crippen LogP contribution in [-0.2, 0) is 13.6 Å². The molecule has 4 rings (SSSR count). The van der Waals surface area contributed by atoms with Crippen molar-refractivity contribution >= 4 is 6.03 Å². The zero-order valence-electron chi connectivity index (χ0n) is 15.5. The van der Waals surface area contributed by atoms with Gasteiger partial charge in [0.15, 0.2) is 5.82 Å². The number of aryl methyl sites for hydroxylation is 1. The summed E-state index contributed by atoms with van der Waals surface area (Å²) in [5.74, 6) is 1.39. The Hall–Kier alpha value is -3.16. The summed E-state index contributed by atoms with van der Waals surface area (Å²) in [6, 6.07) is 9.67. The van der Waals surface area contributed by atoms with Gasteiger partial charge in [0, 0.05) is 37.0 Å². The summed E-state index contributed by atoms with van der Waals surface area (Å²) in [4.78, 5) is 19.2. The second-order valence-electron chi connectivity index (χ2n) is 6.80. The Labute approximate surface area is 157 Å². The van der Waals surface area contributed by atoms with Gasteiger partial charge in [-0.2, -0.15) is 10.2 Å². The van der Waals surface area contributed by atoms with Crippen LogP contribution in [0.15, 0.2) is 36.5 Å². The maximum absolute atomic E-state index is 12.7. The largest absolute Gasteiger partial charge is 0.334 e. The van der Waals surface area contributed by atoms with Crippen molar-refractivity contribution < 1.29 is 4.79 Å². The van der Waals surface area contributed by atoms with E-state index in [1.54, 1.807) is 10.9 Å². The normalized spacial score (nSPS) is 16.7. The molecule has 2 N–H and O–H groups in total. The van der Waals surface area contributed by atoms with Gasteiger partial charge in [0.05, 0.1) is 12.2 Å². The quantitative estimate of drug-likeness (QED) is 0.743. The summed E-state index contributed by atoms with van der Waals surface area (Å²) >= 11 is 0. The molecule has 8 nitrogen and oxygen atoms in total. The third-order valence-electron chi connectivity index (χ3n) is 5.13. The first kappa shape index (κ1) is 17.3. The Morgan fingerprint density at radius 1 is 1.33 bits per heavy atom. The van der Waals surface area contributed by atoms with E-state index in [0.717, 1.165) is 35.5 Å². The molecule has 1 aliphatic heterocycles. The summed E-state index contributed by atoms with van der Waals surface area (Å²) in [7, 11) is 1.89. The summed E-state index contributed by atoms with van der Waals surface area (Å²) in [5.41, 5.74) is 3.03. The number of aromatic amines is 1. The molecule has 0 spiro atoms. The number of H-pyrrole nitrogens is 1. The van der Waals surface area contributed by atoms with Gasteiger partial charge >= 0.3 is 6.03 Å². The van der Waals surface area contributed by atoms with Crippen LogP contribution >= 0.6 is 0 Å². The van der Waals surface area contributed by atoms with E-state index in [1.165, 1.54) is 0 Å². The molecule has 1 aliphatic rings. The number of nitrogens with zero attached hydrogens (tertiary/aromatic N) is 5. The summed E-state index contributed by atoms with van der Waals surface area (Å²) in [5, 5.41) is 14.6. The van der Waals surface area contributed by atoms with E-state index in [1.807, 2.05) is 49.2 Å². The highest BCUT2D eigenvalue weighted by Gasteiger charge is 2.32. The number of benzene rings is 1. The Morgan fingerprint density at radius 3 is 2.89 bits per heavy atom. The maximum atomic E-state index is 12.7. The van der Waals surface area contributed by atoms with E-state index >= 15 is 0 Å². The second kappa shape index (κ2) is 7.22. The molecule has 2 aromatic heterocycles. The minimum atomic E-state index is -0.0848. The van der Waals surface area contributed by atoms with Crippen LogP contribution in [0.1, 0.15) is 36.0 Å². The molecule has 1 saturated heterocycles. The van der Waals surface area contributed by atoms with Crippen molar-refractivity contribution in [1.29, 1.82) is 0 Å². The molecule has 27 heavy (non-hydrogen) atoms. The van der Waals surface area contributed by atoms with E-state index in [9.17, 15) is 4.79 Å². The predicted octanol–water partition coefficient (Wildman–Crippen LogP) is 2.56. The average Bonchev–Trinajstić information content (AvgIpc) is 3.42. The van der Waals surface area contributed by atoms with Gasteiger partial charge in [-0.1, -0.05) is 30.3 Å². The Kier molecular flexibility index (Phi) is 4.62. The first-order valence-electron chi connectivity index (χ1n) is 9.13. The van der Waals surface area contributed by atoms with Crippen molar-refractivity contribution in [3.05, 3.63) is 53.6 Å². The third-order valence-corrected chi connectivity index (χ3v) is 5.13. The Bertz CT molecular complexity index is 931. The molecular weight excluding hydrogens is 342 g/mol. The first-order chi connectivity index (χ1) is 13.1. The molecule has 8 heteroatoms. The molecule has 1 unspecified atom stereocenters. The molecule has 0 bridgehead atoms. The topological polar surface area (TPSA) is 91.7 Å². The molecule has 1 fully saturated rings. The van der Waals surface area contributed by atoms with Crippen LogP contribution in [-0.4, -0.2) is 42.4 Å². The zero-order valence-corrected chi connectivity index (χ0v) is 15.5. The fourth-order valence-electron chi connectivity index (χ4n) is 3.42. The molecule has 0 radical (unpaired) electrons. The van der Waals surface area contributed by atoms with E-state index < -0.39 is 0 Å². The molecular formula is C19H23N7O. The molecule has 1 aromatic carbocycles. The molecule has 2 amide bonds. The minimum Gasteiger partial charge on any atom is -0.334 e. The fraction of sp³-hybridized carbons (Fsp3) is 0.368. The van der Waals surface area contributed by atoms with Gasteiger partial charge in [-0.15, -0.1) is 0 Å². The summed E-state index contributed by atoms with van der Waals surface area (Å²) in [6.45, 7) is 3.17. The lowest BCUT2D eigenvalue weighted by Gasteiger charge is -2.23. The van der Waals surface area contributed by atoms with Gasteiger partial charge in [-0.3, -0.25) is 9.78 Å². The Morgan fingerprint density at radius 2 is 2.15 bits per heavy atom. The smallest absolute Gasteiger partial charge is 0.318 e. The molecule has 1 atom stereocenters. The van der Waals surface area contributed by atoms with E-state index in [4.69, 9.17) is 0 Å². The van der Waals surface area contributed by atoms with Crippen LogP contribution in [0.5, 0.6) is 0 Å². The van der Waals surface area contributed by atoms with Crippen LogP contribution in [0, 0.1) is 6.92 Å². The lowest BCUT2D eigenvalue weighted by atomic mass is 10.2. The number of carbonyl (C=O) groups is 1. The number of hydrogen-bond donors (Lipinski definition) is 2. The first-order valence-corrected chi connectivity index (χ1v) is 9.13. The van der Waals surface area contributed by atoms with Crippen LogP contribution in [0.3, 0.4) is 0 Å². The molecule has 3 aromatic rings. The van der Waals surface area contributed by atoms with Crippen LogP contribution in [0.2, 0.25) is 0 Å². The average molecular weight is 365 g/mol. The number of likely N-dealkylation sites (tertiary alicyclic amines) is 1. The molecule has 3 heterocycles. The zero-order chi connectivity index (χ0) is 18.8. The van der Waals surface area contributed by atoms with Crippen molar-refractivity contribution in [2.75, 3.05) is 6.54 Å². The number of carbonyl (C=O) groups excluding carboxylic acids is 1. The number of amides is 2. The highest BCUT2D eigenvalue weighted by atomic mass is 16.2. The maximum Gasteiger partial charge on any atom is 0.318 e. The van der Waals surface area contributed by atoms with Crippen molar-refractivity contribution in [3.63, 3.8) is 0 Å². The lowest BCUT2D eigenvalue weighted by molar-refractivity contribution is 0.190. The highest BCUT2D eigenvalue weighted by Crippen LogP contribution is 2.30. The standard InChI is InChI=1S/C19H23N7O/c1-13-15(12-21-25(13)2)11-20-19(27)26-10-6-9-16(26)18-22-17(23-24-18)14-7-4-3-5-8-14/h3-5,7-8,12,16H,6,9-11H2,1-2H3,(H,20,27)(H,22,23,24). The SMILES string of the molecule is Cc1c(CNC(=O)N2CCCC2c2nc(-c3ccccc3)n[nH]2)cnn1C. The summed E-state index contributed by atoms with van der Waals surface area (Å²) in [6.07, 6.45) is 3.62. The summed E-state index contributed by atoms with van der Waals surface area (Å²) < 4.78 is 1.81. The number of aromatic nitrogens is 5. The molecule has 0 saturated carbocycles. The monoisotopic (exact) mass is 365 g/mol. The van der Waals surface area contributed by atoms with Crippen LogP contribution in [0.25, 0.3) is 11.4 Å². The van der Waals surface area contributed by atoms with E-state index in [0.29, 0.717) is 18.9 Å². The molecule has 140 valence electrons. The second-order valence-corrected chi connectivity index (χ2v) is 6.80. The number of hydrogen-bond acceptors (Lipinski definition) is 4. The van der Waals surface area contributed by atoms with E-state index in [-0.39, 0.29) is 12.1 Å². The Balaban J connectivity index is 1.45. The van der Waals surface area contributed by atoms with Crippen LogP contribution in [0.4, 0.5) is 4.79 Å². The number of rotatable bonds is 4. The van der Waals surface area contributed by atoms with Crippen molar-refractivity contribution in [2.24, 2.45) is 7.05 Å². The van der Waals surface area contributed by atoms with Gasteiger partial charge in [0.2, 0.25) is 0 Å². The predicted molar refractivity (Wildman–Crippen MR) is 101 cm³/mol. The number of nitrogens with one attached hydrogen (secondary N) is 2. The van der Waals surface area contributed by atoms with Crippen molar-refractivity contribution in [1.82, 2.24) is 35.2 Å². The van der Waals surface area contributed by atoms with E-state index in [2.05, 4.69) is 25.6 Å². The number of urea groups is 1. The minimum absolute atomic E-state index is 0.0787. The van der Waals surface area contributed by atoms with Gasteiger partial charge < -0.3 is 10.2 Å².